The van der Waals surface area contributed by atoms with E-state index in [0.717, 1.165) is 30.0 Å². The van der Waals surface area contributed by atoms with Gasteiger partial charge in [0.1, 0.15) is 5.52 Å². The lowest BCUT2D eigenvalue weighted by Crippen LogP contribution is -2.36. The van der Waals surface area contributed by atoms with E-state index in [1.54, 1.807) is 10.7 Å². The van der Waals surface area contributed by atoms with Crippen LogP contribution < -0.4 is 4.90 Å². The van der Waals surface area contributed by atoms with Crippen molar-refractivity contribution in [2.75, 3.05) is 31.2 Å². The van der Waals surface area contributed by atoms with Gasteiger partial charge in [-0.05, 0) is 19.1 Å². The Balaban J connectivity index is 1.61. The predicted octanol–water partition coefficient (Wildman–Crippen LogP) is 4.03. The fourth-order valence-electron chi connectivity index (χ4n) is 3.73. The van der Waals surface area contributed by atoms with Crippen LogP contribution in [0.5, 0.6) is 0 Å². The Labute approximate surface area is 173 Å². The van der Waals surface area contributed by atoms with Crippen LogP contribution in [-0.2, 0) is 4.74 Å². The van der Waals surface area contributed by atoms with Crippen molar-refractivity contribution in [1.29, 1.82) is 0 Å². The van der Waals surface area contributed by atoms with Gasteiger partial charge in [0.05, 0.1) is 24.6 Å². The molecule has 0 aliphatic carbocycles. The third-order valence-corrected chi connectivity index (χ3v) is 5.28. The normalized spacial score (nSPS) is 14.4. The molecular weight excluding hydrogens is 380 g/mol. The number of ether oxygens (including phenoxy) is 1. The minimum absolute atomic E-state index is 0.122. The van der Waals surface area contributed by atoms with E-state index in [4.69, 9.17) is 19.2 Å². The summed E-state index contributed by atoms with van der Waals surface area (Å²) in [6.45, 7) is 6.37. The van der Waals surface area contributed by atoms with E-state index >= 15 is 0 Å². The van der Waals surface area contributed by atoms with Gasteiger partial charge in [0.2, 0.25) is 0 Å². The molecule has 0 amide bonds. The van der Waals surface area contributed by atoms with Crippen molar-refractivity contribution in [1.82, 2.24) is 14.8 Å². The van der Waals surface area contributed by atoms with Crippen LogP contribution in [0.3, 0.4) is 0 Å². The first kappa shape index (κ1) is 18.6. The van der Waals surface area contributed by atoms with Crippen molar-refractivity contribution in [3.8, 4) is 17.1 Å². The van der Waals surface area contributed by atoms with Crippen molar-refractivity contribution in [3.05, 3.63) is 60.0 Å². The van der Waals surface area contributed by atoms with Gasteiger partial charge in [-0.3, -0.25) is 4.79 Å². The number of Topliss-reactive ketones (excluding diaryl/α,β-unsaturated/α-hetero) is 1. The summed E-state index contributed by atoms with van der Waals surface area (Å²) in [7, 11) is 0. The molecule has 7 nitrogen and oxygen atoms in total. The maximum Gasteiger partial charge on any atom is 0.195 e. The molecule has 30 heavy (non-hydrogen) atoms. The zero-order chi connectivity index (χ0) is 20.7. The lowest BCUT2D eigenvalue weighted by atomic mass is 10.1. The van der Waals surface area contributed by atoms with E-state index in [1.807, 2.05) is 30.5 Å². The van der Waals surface area contributed by atoms with E-state index < -0.39 is 0 Å². The van der Waals surface area contributed by atoms with Gasteiger partial charge in [0, 0.05) is 43.9 Å². The molecule has 1 aromatic carbocycles. The fourth-order valence-corrected chi connectivity index (χ4v) is 3.73. The first-order valence-corrected chi connectivity index (χ1v) is 10.00. The number of rotatable bonds is 4. The zero-order valence-corrected chi connectivity index (χ0v) is 17.0. The number of nitrogens with zero attached hydrogens (tertiary/aromatic N) is 4. The number of benzene rings is 1. The number of hydrogen-bond donors (Lipinski definition) is 0. The smallest absolute Gasteiger partial charge is 0.195 e. The van der Waals surface area contributed by atoms with Crippen molar-refractivity contribution < 1.29 is 13.9 Å². The van der Waals surface area contributed by atoms with Gasteiger partial charge in [-0.2, -0.15) is 5.10 Å². The minimum Gasteiger partial charge on any atom is -0.449 e. The topological polar surface area (TPSA) is 73.4 Å². The number of pyridine rings is 1. The number of carbonyl (C=O) groups excluding carboxylic acids is 1. The number of furan rings is 1. The van der Waals surface area contributed by atoms with Crippen LogP contribution in [0.4, 0.5) is 5.69 Å². The predicted molar refractivity (Wildman–Crippen MR) is 114 cm³/mol. The molecule has 1 fully saturated rings. The van der Waals surface area contributed by atoms with Crippen molar-refractivity contribution in [3.63, 3.8) is 0 Å². The number of fused-ring (bicyclic) bond motifs is 1. The average molecular weight is 402 g/mol. The lowest BCUT2D eigenvalue weighted by molar-refractivity contribution is 0.0989. The molecule has 1 aliphatic heterocycles. The highest BCUT2D eigenvalue weighted by Gasteiger charge is 2.21. The van der Waals surface area contributed by atoms with E-state index in [2.05, 4.69) is 24.0 Å². The number of morpholine rings is 1. The molecule has 0 bridgehead atoms. The molecule has 0 radical (unpaired) electrons. The molecule has 152 valence electrons. The van der Waals surface area contributed by atoms with Gasteiger partial charge in [-0.25, -0.2) is 9.67 Å². The second-order valence-electron chi connectivity index (χ2n) is 7.50. The van der Waals surface area contributed by atoms with Crippen molar-refractivity contribution in [2.45, 2.75) is 13.8 Å². The highest BCUT2D eigenvalue weighted by molar-refractivity contribution is 5.98. The van der Waals surface area contributed by atoms with Gasteiger partial charge in [0.15, 0.2) is 22.9 Å². The standard InChI is InChI=1S/C23H22N4O3/c1-15-4-3-5-17(12-15)18-6-7-27(25-18)22-14-20(26-8-10-29-11-9-26)23-19(24-22)13-21(30-23)16(2)28/h3-7,12-14H,8-11H2,1-2H3. The van der Waals surface area contributed by atoms with Crippen molar-refractivity contribution >= 4 is 22.6 Å². The largest absolute Gasteiger partial charge is 0.449 e. The molecule has 0 saturated carbocycles. The van der Waals surface area contributed by atoms with Crippen LogP contribution in [0.15, 0.2) is 53.1 Å². The highest BCUT2D eigenvalue weighted by Crippen LogP contribution is 2.32. The molecule has 1 saturated heterocycles. The number of carbonyl (C=O) groups is 1. The van der Waals surface area contributed by atoms with Crippen LogP contribution in [0.2, 0.25) is 0 Å². The van der Waals surface area contributed by atoms with Gasteiger partial charge in [-0.15, -0.1) is 0 Å². The summed E-state index contributed by atoms with van der Waals surface area (Å²) in [5.41, 5.74) is 5.30. The molecule has 4 aromatic rings. The van der Waals surface area contributed by atoms with Crippen LogP contribution in [0, 0.1) is 6.92 Å². The van der Waals surface area contributed by atoms with Crippen molar-refractivity contribution in [2.24, 2.45) is 0 Å². The molecular formula is C23H22N4O3. The van der Waals surface area contributed by atoms with Crippen LogP contribution in [-0.4, -0.2) is 46.9 Å². The summed E-state index contributed by atoms with van der Waals surface area (Å²) in [6.07, 6.45) is 1.90. The summed E-state index contributed by atoms with van der Waals surface area (Å²) < 4.78 is 13.1. The molecule has 3 aromatic heterocycles. The number of ketones is 1. The average Bonchev–Trinajstić information content (AvgIpc) is 3.41. The number of aromatic nitrogens is 3. The second-order valence-corrected chi connectivity index (χ2v) is 7.50. The number of hydrogen-bond acceptors (Lipinski definition) is 6. The van der Waals surface area contributed by atoms with Gasteiger partial charge >= 0.3 is 0 Å². The van der Waals surface area contributed by atoms with Gasteiger partial charge < -0.3 is 14.1 Å². The summed E-state index contributed by atoms with van der Waals surface area (Å²) in [4.78, 5) is 18.8. The molecule has 1 aliphatic rings. The molecule has 5 rings (SSSR count). The minimum atomic E-state index is -0.122. The Morgan fingerprint density at radius 2 is 1.93 bits per heavy atom. The highest BCUT2D eigenvalue weighted by atomic mass is 16.5. The number of anilines is 1. The first-order valence-electron chi connectivity index (χ1n) is 10.00. The van der Waals surface area contributed by atoms with Crippen LogP contribution in [0.1, 0.15) is 23.0 Å². The first-order chi connectivity index (χ1) is 14.6. The van der Waals surface area contributed by atoms with Crippen LogP contribution in [0.25, 0.3) is 28.2 Å². The summed E-state index contributed by atoms with van der Waals surface area (Å²) in [6, 6.07) is 13.9. The Bertz CT molecular complexity index is 1230. The molecule has 0 spiro atoms. The molecule has 0 unspecified atom stereocenters. The molecule has 7 heteroatoms. The van der Waals surface area contributed by atoms with Gasteiger partial charge in [0.25, 0.3) is 0 Å². The molecule has 0 atom stereocenters. The quantitative estimate of drug-likeness (QED) is 0.480. The second kappa shape index (κ2) is 7.42. The number of aryl methyl sites for hydroxylation is 1. The van der Waals surface area contributed by atoms with Crippen LogP contribution >= 0.6 is 0 Å². The third kappa shape index (κ3) is 3.37. The van der Waals surface area contributed by atoms with E-state index in [-0.39, 0.29) is 5.78 Å². The monoisotopic (exact) mass is 402 g/mol. The van der Waals surface area contributed by atoms with E-state index in [0.29, 0.717) is 35.9 Å². The van der Waals surface area contributed by atoms with E-state index in [9.17, 15) is 4.79 Å². The SMILES string of the molecule is CC(=O)c1cc2nc(-n3ccc(-c4cccc(C)c4)n3)cc(N3CCOCC3)c2o1. The molecule has 0 N–H and O–H groups in total. The Kier molecular flexibility index (Phi) is 4.59. The zero-order valence-electron chi connectivity index (χ0n) is 17.0. The Hall–Kier alpha value is -3.45. The van der Waals surface area contributed by atoms with E-state index in [1.165, 1.54) is 12.5 Å². The third-order valence-electron chi connectivity index (χ3n) is 5.28. The Morgan fingerprint density at radius 3 is 2.70 bits per heavy atom. The summed E-state index contributed by atoms with van der Waals surface area (Å²) in [5.74, 6) is 0.868. The maximum absolute atomic E-state index is 11.9. The van der Waals surface area contributed by atoms with Gasteiger partial charge in [-0.1, -0.05) is 23.8 Å². The summed E-state index contributed by atoms with van der Waals surface area (Å²) >= 11 is 0. The Morgan fingerprint density at radius 1 is 1.10 bits per heavy atom. The maximum atomic E-state index is 11.9. The lowest BCUT2D eigenvalue weighted by Gasteiger charge is -2.28. The summed E-state index contributed by atoms with van der Waals surface area (Å²) in [5, 5.41) is 4.74. The molecule has 4 heterocycles. The fraction of sp³-hybridized carbons (Fsp3) is 0.261.